The zero-order valence-corrected chi connectivity index (χ0v) is 14.5. The van der Waals surface area contributed by atoms with E-state index in [0.717, 1.165) is 23.0 Å². The molecule has 1 atom stereocenters. The Hall–Kier alpha value is -2.36. The number of carbonyl (C=O) groups is 2. The minimum Gasteiger partial charge on any atom is -0.345 e. The van der Waals surface area contributed by atoms with Gasteiger partial charge in [0.05, 0.1) is 11.6 Å². The van der Waals surface area contributed by atoms with Crippen molar-refractivity contribution in [3.8, 4) is 0 Å². The van der Waals surface area contributed by atoms with Crippen molar-refractivity contribution < 1.29 is 9.59 Å². The number of benzene rings is 2. The van der Waals surface area contributed by atoms with Crippen molar-refractivity contribution in [1.82, 2.24) is 4.90 Å². The predicted molar refractivity (Wildman–Crippen MR) is 96.9 cm³/mol. The van der Waals surface area contributed by atoms with Gasteiger partial charge in [0, 0.05) is 31.9 Å². The molecule has 0 bridgehead atoms. The number of carbonyl (C=O) groups excluding carboxylic acids is 2. The van der Waals surface area contributed by atoms with Crippen LogP contribution >= 0.6 is 0 Å². The van der Waals surface area contributed by atoms with Gasteiger partial charge in [0.2, 0.25) is 11.8 Å². The number of hydrogen-bond donors (Lipinski definition) is 0. The number of hydrogen-bond acceptors (Lipinski definition) is 2. The van der Waals surface area contributed by atoms with E-state index in [4.69, 9.17) is 0 Å². The second kappa shape index (κ2) is 6.63. The SMILES string of the molecule is CC(C)CN(C)C(=O)[C@H]1CC(=O)N(c2cccc3ccccc23)C1. The fraction of sp³-hybridized carbons (Fsp3) is 0.400. The van der Waals surface area contributed by atoms with Gasteiger partial charge >= 0.3 is 0 Å². The summed E-state index contributed by atoms with van der Waals surface area (Å²) in [4.78, 5) is 28.7. The average molecular weight is 324 g/mol. The molecule has 1 aliphatic heterocycles. The van der Waals surface area contributed by atoms with Crippen molar-refractivity contribution in [3.05, 3.63) is 42.5 Å². The second-order valence-corrected chi connectivity index (χ2v) is 7.02. The van der Waals surface area contributed by atoms with Crippen LogP contribution < -0.4 is 4.90 Å². The molecule has 3 rings (SSSR count). The highest BCUT2D eigenvalue weighted by atomic mass is 16.2. The van der Waals surface area contributed by atoms with E-state index in [1.165, 1.54) is 0 Å². The maximum atomic E-state index is 12.6. The molecule has 2 amide bonds. The van der Waals surface area contributed by atoms with Crippen LogP contribution in [-0.2, 0) is 9.59 Å². The van der Waals surface area contributed by atoms with Crippen molar-refractivity contribution in [1.29, 1.82) is 0 Å². The molecule has 2 aromatic carbocycles. The number of amides is 2. The van der Waals surface area contributed by atoms with Crippen LogP contribution in [0.4, 0.5) is 5.69 Å². The number of anilines is 1. The maximum Gasteiger partial charge on any atom is 0.227 e. The first kappa shape index (κ1) is 16.5. The molecular formula is C20H24N2O2. The highest BCUT2D eigenvalue weighted by Gasteiger charge is 2.36. The average Bonchev–Trinajstić information content (AvgIpc) is 2.94. The summed E-state index contributed by atoms with van der Waals surface area (Å²) in [6, 6.07) is 14.0. The van der Waals surface area contributed by atoms with Crippen LogP contribution in [0.3, 0.4) is 0 Å². The van der Waals surface area contributed by atoms with Crippen molar-refractivity contribution in [2.24, 2.45) is 11.8 Å². The molecule has 2 aromatic rings. The van der Waals surface area contributed by atoms with Crippen LogP contribution in [0.15, 0.2) is 42.5 Å². The Morgan fingerprint density at radius 3 is 2.67 bits per heavy atom. The van der Waals surface area contributed by atoms with E-state index >= 15 is 0 Å². The van der Waals surface area contributed by atoms with Crippen molar-refractivity contribution in [3.63, 3.8) is 0 Å². The molecule has 0 aromatic heterocycles. The van der Waals surface area contributed by atoms with Gasteiger partial charge < -0.3 is 9.80 Å². The summed E-state index contributed by atoms with van der Waals surface area (Å²) in [5.74, 6) is 0.271. The Balaban J connectivity index is 1.83. The Kier molecular flexibility index (Phi) is 4.56. The first-order valence-electron chi connectivity index (χ1n) is 8.50. The molecule has 0 aliphatic carbocycles. The van der Waals surface area contributed by atoms with Crippen LogP contribution in [-0.4, -0.2) is 36.9 Å². The number of nitrogens with zero attached hydrogens (tertiary/aromatic N) is 2. The smallest absolute Gasteiger partial charge is 0.227 e. The van der Waals surface area contributed by atoms with Crippen LogP contribution in [0.1, 0.15) is 20.3 Å². The standard InChI is InChI=1S/C20H24N2O2/c1-14(2)12-21(3)20(24)16-11-19(23)22(13-16)18-10-6-8-15-7-4-5-9-17(15)18/h4-10,14,16H,11-13H2,1-3H3/t16-/m0/s1. The lowest BCUT2D eigenvalue weighted by molar-refractivity contribution is -0.135. The third-order valence-electron chi connectivity index (χ3n) is 4.55. The minimum atomic E-state index is -0.250. The minimum absolute atomic E-state index is 0.0302. The van der Waals surface area contributed by atoms with Crippen LogP contribution in [0.25, 0.3) is 10.8 Å². The summed E-state index contributed by atoms with van der Waals surface area (Å²) < 4.78 is 0. The molecule has 0 unspecified atom stereocenters. The fourth-order valence-electron chi connectivity index (χ4n) is 3.50. The van der Waals surface area contributed by atoms with Gasteiger partial charge in [0.25, 0.3) is 0 Å². The van der Waals surface area contributed by atoms with Gasteiger partial charge in [-0.25, -0.2) is 0 Å². The summed E-state index contributed by atoms with van der Waals surface area (Å²) >= 11 is 0. The topological polar surface area (TPSA) is 40.6 Å². The zero-order chi connectivity index (χ0) is 17.3. The predicted octanol–water partition coefficient (Wildman–Crippen LogP) is 3.31. The second-order valence-electron chi connectivity index (χ2n) is 7.02. The van der Waals surface area contributed by atoms with E-state index in [0.29, 0.717) is 18.9 Å². The van der Waals surface area contributed by atoms with Crippen LogP contribution in [0, 0.1) is 11.8 Å². The lowest BCUT2D eigenvalue weighted by Gasteiger charge is -2.23. The largest absolute Gasteiger partial charge is 0.345 e. The highest BCUT2D eigenvalue weighted by molar-refractivity contribution is 6.06. The highest BCUT2D eigenvalue weighted by Crippen LogP contribution is 2.32. The Morgan fingerprint density at radius 1 is 1.21 bits per heavy atom. The summed E-state index contributed by atoms with van der Waals surface area (Å²) in [7, 11) is 1.83. The van der Waals surface area contributed by atoms with Crippen LogP contribution in [0.5, 0.6) is 0 Å². The van der Waals surface area contributed by atoms with E-state index in [1.807, 2.05) is 49.5 Å². The van der Waals surface area contributed by atoms with Gasteiger partial charge in [-0.3, -0.25) is 9.59 Å². The quantitative estimate of drug-likeness (QED) is 0.866. The van der Waals surface area contributed by atoms with E-state index < -0.39 is 0 Å². The first-order valence-corrected chi connectivity index (χ1v) is 8.50. The molecular weight excluding hydrogens is 300 g/mol. The summed E-state index contributed by atoms with van der Waals surface area (Å²) in [5.41, 5.74) is 0.903. The van der Waals surface area contributed by atoms with Crippen molar-refractivity contribution >= 4 is 28.3 Å². The molecule has 0 spiro atoms. The molecule has 0 radical (unpaired) electrons. The molecule has 0 saturated carbocycles. The third kappa shape index (κ3) is 3.14. The zero-order valence-electron chi connectivity index (χ0n) is 14.5. The van der Waals surface area contributed by atoms with Gasteiger partial charge in [0.1, 0.15) is 0 Å². The molecule has 1 heterocycles. The normalized spacial score (nSPS) is 17.8. The molecule has 0 N–H and O–H groups in total. The van der Waals surface area contributed by atoms with Crippen LogP contribution in [0.2, 0.25) is 0 Å². The lowest BCUT2D eigenvalue weighted by Crippen LogP contribution is -2.36. The van der Waals surface area contributed by atoms with E-state index in [1.54, 1.807) is 9.80 Å². The van der Waals surface area contributed by atoms with Gasteiger partial charge in [0.15, 0.2) is 0 Å². The molecule has 24 heavy (non-hydrogen) atoms. The van der Waals surface area contributed by atoms with E-state index in [9.17, 15) is 9.59 Å². The maximum absolute atomic E-state index is 12.6. The summed E-state index contributed by atoms with van der Waals surface area (Å²) in [5, 5.41) is 2.16. The van der Waals surface area contributed by atoms with Crippen molar-refractivity contribution in [2.45, 2.75) is 20.3 Å². The third-order valence-corrected chi connectivity index (χ3v) is 4.55. The monoisotopic (exact) mass is 324 g/mol. The van der Waals surface area contributed by atoms with E-state index in [-0.39, 0.29) is 17.7 Å². The molecule has 1 saturated heterocycles. The molecule has 1 fully saturated rings. The lowest BCUT2D eigenvalue weighted by atomic mass is 10.1. The van der Waals surface area contributed by atoms with Gasteiger partial charge in [-0.05, 0) is 17.4 Å². The molecule has 4 nitrogen and oxygen atoms in total. The Labute approximate surface area is 143 Å². The first-order chi connectivity index (χ1) is 11.5. The van der Waals surface area contributed by atoms with Gasteiger partial charge in [-0.2, -0.15) is 0 Å². The van der Waals surface area contributed by atoms with Crippen molar-refractivity contribution in [2.75, 3.05) is 25.0 Å². The molecule has 126 valence electrons. The molecule has 1 aliphatic rings. The number of rotatable bonds is 4. The van der Waals surface area contributed by atoms with Gasteiger partial charge in [-0.15, -0.1) is 0 Å². The summed E-state index contributed by atoms with van der Waals surface area (Å²) in [6.07, 6.45) is 0.296. The fourth-order valence-corrected chi connectivity index (χ4v) is 3.50. The number of fused-ring (bicyclic) bond motifs is 1. The Bertz CT molecular complexity index is 764. The Morgan fingerprint density at radius 2 is 1.92 bits per heavy atom. The summed E-state index contributed by atoms with van der Waals surface area (Å²) in [6.45, 7) is 5.36. The van der Waals surface area contributed by atoms with E-state index in [2.05, 4.69) is 13.8 Å². The van der Waals surface area contributed by atoms with Gasteiger partial charge in [-0.1, -0.05) is 50.2 Å². The molecule has 4 heteroatoms.